The van der Waals surface area contributed by atoms with Crippen molar-refractivity contribution >= 4 is 26.5 Å². The summed E-state index contributed by atoms with van der Waals surface area (Å²) in [6, 6.07) is 40.3. The first-order valence-electron chi connectivity index (χ1n) is 18.0. The lowest BCUT2D eigenvalue weighted by molar-refractivity contribution is 0.487. The van der Waals surface area contributed by atoms with Crippen LogP contribution in [0.3, 0.4) is 0 Å². The summed E-state index contributed by atoms with van der Waals surface area (Å²) in [5.41, 5.74) is 7.60. The van der Waals surface area contributed by atoms with Crippen molar-refractivity contribution in [1.29, 1.82) is 0 Å². The van der Waals surface area contributed by atoms with Gasteiger partial charge in [0.2, 0.25) is 0 Å². The molecular formula is C44H58P2. The molecule has 0 radical (unpaired) electrons. The lowest BCUT2D eigenvalue weighted by Gasteiger charge is -2.42. The van der Waals surface area contributed by atoms with Crippen molar-refractivity contribution in [2.75, 3.05) is 0 Å². The summed E-state index contributed by atoms with van der Waals surface area (Å²) in [4.78, 5) is 0. The highest BCUT2D eigenvalue weighted by molar-refractivity contribution is 7.68. The Kier molecular flexibility index (Phi) is 12.4. The number of rotatable bonds is 6. The minimum absolute atomic E-state index is 0.0365. The Morgan fingerprint density at radius 1 is 0.413 bits per heavy atom. The second kappa shape index (κ2) is 16.2. The van der Waals surface area contributed by atoms with E-state index in [1.807, 2.05) is 0 Å². The second-order valence-corrected chi connectivity index (χ2v) is 22.0. The molecule has 0 spiro atoms. The van der Waals surface area contributed by atoms with Crippen LogP contribution in [0.1, 0.15) is 106 Å². The Hall–Kier alpha value is -2.26. The van der Waals surface area contributed by atoms with E-state index in [4.69, 9.17) is 0 Å². The monoisotopic (exact) mass is 648 g/mol. The van der Waals surface area contributed by atoms with E-state index in [1.54, 1.807) is 5.30 Å². The van der Waals surface area contributed by atoms with Gasteiger partial charge in [-0.05, 0) is 80.2 Å². The maximum atomic E-state index is 2.48. The fourth-order valence-corrected chi connectivity index (χ4v) is 16.3. The van der Waals surface area contributed by atoms with Crippen LogP contribution in [0.5, 0.6) is 0 Å². The van der Waals surface area contributed by atoms with Crippen molar-refractivity contribution < 1.29 is 0 Å². The molecule has 0 heterocycles. The van der Waals surface area contributed by atoms with Crippen LogP contribution in [0, 0.1) is 0 Å². The van der Waals surface area contributed by atoms with Gasteiger partial charge in [0.05, 0.1) is 0 Å². The Morgan fingerprint density at radius 2 is 0.761 bits per heavy atom. The molecule has 244 valence electrons. The quantitative estimate of drug-likeness (QED) is 0.183. The van der Waals surface area contributed by atoms with Crippen LogP contribution in [0.2, 0.25) is 0 Å². The maximum Gasteiger partial charge on any atom is -0.0107 e. The third kappa shape index (κ3) is 9.00. The Labute approximate surface area is 284 Å². The molecule has 0 bridgehead atoms. The van der Waals surface area contributed by atoms with Gasteiger partial charge in [-0.15, -0.1) is 0 Å². The van der Waals surface area contributed by atoms with Gasteiger partial charge in [-0.3, -0.25) is 0 Å². The number of hydrogen-bond donors (Lipinski definition) is 0. The fraction of sp³-hybridized carbons (Fsp3) is 0.455. The Bertz CT molecular complexity index is 1430. The van der Waals surface area contributed by atoms with Crippen LogP contribution in [0.25, 0.3) is 22.3 Å². The molecule has 4 aromatic rings. The van der Waals surface area contributed by atoms with E-state index in [2.05, 4.69) is 151 Å². The van der Waals surface area contributed by atoms with Crippen molar-refractivity contribution in [3.8, 4) is 22.3 Å². The predicted molar refractivity (Wildman–Crippen MR) is 210 cm³/mol. The van der Waals surface area contributed by atoms with Gasteiger partial charge in [0.1, 0.15) is 0 Å². The molecule has 0 aromatic heterocycles. The van der Waals surface area contributed by atoms with E-state index in [9.17, 15) is 0 Å². The minimum atomic E-state index is -0.282. The molecule has 2 aliphatic rings. The summed E-state index contributed by atoms with van der Waals surface area (Å²) in [6.07, 6.45) is 14.7. The molecular weight excluding hydrogens is 590 g/mol. The molecule has 2 saturated carbocycles. The highest BCUT2D eigenvalue weighted by Crippen LogP contribution is 2.59. The second-order valence-electron chi connectivity index (χ2n) is 15.4. The molecule has 0 atom stereocenters. The van der Waals surface area contributed by atoms with E-state index < -0.39 is 0 Å². The lowest BCUT2D eigenvalue weighted by Crippen LogP contribution is -2.31. The zero-order chi connectivity index (χ0) is 32.6. The molecule has 4 aromatic carbocycles. The van der Waals surface area contributed by atoms with E-state index in [1.165, 1.54) is 91.8 Å². The SMILES string of the molecule is CC(C)(C)P(c1ccccc1-c1ccccc1)C(C)(C)C.c1ccc(-c2ccccc2P(C2CCCCC2)C2CCCCC2)cc1. The van der Waals surface area contributed by atoms with Crippen molar-refractivity contribution in [3.63, 3.8) is 0 Å². The van der Waals surface area contributed by atoms with Gasteiger partial charge in [-0.1, -0.05) is 205 Å². The van der Waals surface area contributed by atoms with Crippen LogP contribution in [-0.2, 0) is 0 Å². The molecule has 2 aliphatic carbocycles. The zero-order valence-electron chi connectivity index (χ0n) is 29.5. The van der Waals surface area contributed by atoms with Gasteiger partial charge in [-0.2, -0.15) is 0 Å². The zero-order valence-corrected chi connectivity index (χ0v) is 31.3. The van der Waals surface area contributed by atoms with Crippen molar-refractivity contribution in [2.45, 2.75) is 127 Å². The van der Waals surface area contributed by atoms with Crippen LogP contribution in [0.4, 0.5) is 0 Å². The average Bonchev–Trinajstić information content (AvgIpc) is 3.06. The summed E-state index contributed by atoms with van der Waals surface area (Å²) in [7, 11) is -0.319. The van der Waals surface area contributed by atoms with Gasteiger partial charge in [0, 0.05) is 0 Å². The van der Waals surface area contributed by atoms with Gasteiger partial charge in [0.25, 0.3) is 0 Å². The molecule has 2 heteroatoms. The van der Waals surface area contributed by atoms with Gasteiger partial charge >= 0.3 is 0 Å². The standard InChI is InChI=1S/C24H31P.C20H27P/c1-4-12-20(13-5-1)23-18-10-11-19-24(23)25(21-14-6-2-7-15-21)22-16-8-3-9-17-22;1-19(2,3)21(20(4,5)6)18-15-11-10-14-17(18)16-12-8-7-9-13-16/h1,4-5,10-13,18-19,21-22H,2-3,6-9,14-17H2;7-15H,1-6H3. The van der Waals surface area contributed by atoms with Crippen LogP contribution in [-0.4, -0.2) is 21.6 Å². The maximum absolute atomic E-state index is 2.48. The van der Waals surface area contributed by atoms with Crippen molar-refractivity contribution in [2.24, 2.45) is 0 Å². The van der Waals surface area contributed by atoms with Gasteiger partial charge in [0.15, 0.2) is 0 Å². The fourth-order valence-electron chi connectivity index (χ4n) is 8.23. The first-order chi connectivity index (χ1) is 22.1. The first kappa shape index (κ1) is 35.1. The number of hydrogen-bond acceptors (Lipinski definition) is 0. The van der Waals surface area contributed by atoms with Crippen LogP contribution >= 0.6 is 15.8 Å². The Balaban J connectivity index is 0.000000184. The van der Waals surface area contributed by atoms with E-state index in [-0.39, 0.29) is 15.8 Å². The van der Waals surface area contributed by atoms with Crippen LogP contribution in [0.15, 0.2) is 109 Å². The average molecular weight is 649 g/mol. The van der Waals surface area contributed by atoms with Crippen LogP contribution < -0.4 is 10.6 Å². The minimum Gasteiger partial charge on any atom is -0.0683 e. The molecule has 0 saturated heterocycles. The predicted octanol–water partition coefficient (Wildman–Crippen LogP) is 13.2. The lowest BCUT2D eigenvalue weighted by atomic mass is 9.99. The third-order valence-electron chi connectivity index (χ3n) is 9.77. The molecule has 0 nitrogen and oxygen atoms in total. The molecule has 0 unspecified atom stereocenters. The summed E-state index contributed by atoms with van der Waals surface area (Å²) < 4.78 is 0. The first-order valence-corrected chi connectivity index (χ1v) is 20.8. The topological polar surface area (TPSA) is 0 Å². The largest absolute Gasteiger partial charge is 0.0683 e. The number of benzene rings is 4. The molecule has 0 N–H and O–H groups in total. The Morgan fingerprint density at radius 3 is 1.17 bits per heavy atom. The van der Waals surface area contributed by atoms with Gasteiger partial charge in [-0.25, -0.2) is 0 Å². The van der Waals surface area contributed by atoms with E-state index in [0.717, 1.165) is 11.3 Å². The molecule has 0 aliphatic heterocycles. The molecule has 2 fully saturated rings. The summed E-state index contributed by atoms with van der Waals surface area (Å²) in [5, 5.41) is 3.82. The van der Waals surface area contributed by atoms with E-state index >= 15 is 0 Å². The van der Waals surface area contributed by atoms with E-state index in [0.29, 0.717) is 10.3 Å². The smallest absolute Gasteiger partial charge is 0.0107 e. The summed E-state index contributed by atoms with van der Waals surface area (Å²) >= 11 is 0. The van der Waals surface area contributed by atoms with Gasteiger partial charge < -0.3 is 0 Å². The molecule has 46 heavy (non-hydrogen) atoms. The third-order valence-corrected chi connectivity index (χ3v) is 16.9. The highest BCUT2D eigenvalue weighted by Gasteiger charge is 2.37. The highest BCUT2D eigenvalue weighted by atomic mass is 31.1. The summed E-state index contributed by atoms with van der Waals surface area (Å²) in [6.45, 7) is 14.3. The molecule has 6 rings (SSSR count). The van der Waals surface area contributed by atoms with Crippen molar-refractivity contribution in [1.82, 2.24) is 0 Å². The normalized spacial score (nSPS) is 16.7. The van der Waals surface area contributed by atoms with Crippen molar-refractivity contribution in [3.05, 3.63) is 109 Å². The summed E-state index contributed by atoms with van der Waals surface area (Å²) in [5.74, 6) is 0. The molecule has 0 amide bonds.